The molecule has 0 saturated heterocycles. The summed E-state index contributed by atoms with van der Waals surface area (Å²) in [4.78, 5) is 0. The minimum Gasteiger partial charge on any atom is -0.313 e. The van der Waals surface area contributed by atoms with Gasteiger partial charge in [-0.25, -0.2) is 0 Å². The van der Waals surface area contributed by atoms with Crippen LogP contribution in [0.2, 0.25) is 0 Å². The molecular weight excluding hydrogens is 158 g/mol. The zero-order valence-corrected chi connectivity index (χ0v) is 9.27. The van der Waals surface area contributed by atoms with Crippen LogP contribution in [0.1, 0.15) is 33.6 Å². The lowest BCUT2D eigenvalue weighted by atomic mass is 10.1. The van der Waals surface area contributed by atoms with Crippen LogP contribution in [0.5, 0.6) is 0 Å². The molecule has 0 radical (unpaired) electrons. The van der Waals surface area contributed by atoms with Gasteiger partial charge in [0.2, 0.25) is 0 Å². The largest absolute Gasteiger partial charge is 0.313 e. The van der Waals surface area contributed by atoms with E-state index in [-0.39, 0.29) is 0 Å². The fourth-order valence-electron chi connectivity index (χ4n) is 0.890. The van der Waals surface area contributed by atoms with Crippen LogP contribution >= 0.6 is 0 Å². The highest BCUT2D eigenvalue weighted by molar-refractivity contribution is 5.16. The molecule has 0 rings (SSSR count). The normalized spacial score (nSPS) is 11.4. The van der Waals surface area contributed by atoms with Crippen molar-refractivity contribution < 1.29 is 0 Å². The summed E-state index contributed by atoms with van der Waals surface area (Å²) >= 11 is 0. The third kappa shape index (κ3) is 7.79. The molecule has 1 N–H and O–H groups in total. The average Bonchev–Trinajstić information content (AvgIpc) is 2.10. The number of rotatable bonds is 7. The van der Waals surface area contributed by atoms with Gasteiger partial charge < -0.3 is 5.32 Å². The number of hydrogen-bond donors (Lipinski definition) is 1. The lowest BCUT2D eigenvalue weighted by molar-refractivity contribution is 0.680. The zero-order chi connectivity index (χ0) is 10.1. The van der Waals surface area contributed by atoms with Crippen LogP contribution in [0.15, 0.2) is 24.3 Å². The van der Waals surface area contributed by atoms with Gasteiger partial charge in [0, 0.05) is 6.54 Å². The molecule has 0 saturated carbocycles. The third-order valence-corrected chi connectivity index (χ3v) is 2.04. The maximum absolute atomic E-state index is 3.97. The fraction of sp³-hybridized carbons (Fsp3) is 0.667. The summed E-state index contributed by atoms with van der Waals surface area (Å²) in [5, 5.41) is 3.35. The molecule has 0 aromatic heterocycles. The topological polar surface area (TPSA) is 12.0 Å². The molecule has 76 valence electrons. The van der Waals surface area contributed by atoms with Crippen molar-refractivity contribution >= 4 is 0 Å². The molecule has 0 aromatic carbocycles. The van der Waals surface area contributed by atoms with Crippen molar-refractivity contribution in [3.05, 3.63) is 24.3 Å². The first-order valence-corrected chi connectivity index (χ1v) is 5.24. The first-order valence-electron chi connectivity index (χ1n) is 5.24. The van der Waals surface area contributed by atoms with Gasteiger partial charge >= 0.3 is 0 Å². The second-order valence-corrected chi connectivity index (χ2v) is 3.69. The predicted molar refractivity (Wildman–Crippen MR) is 60.9 cm³/mol. The second kappa shape index (κ2) is 8.06. The summed E-state index contributed by atoms with van der Waals surface area (Å²) in [6, 6.07) is 0. The molecule has 0 aliphatic carbocycles. The molecular formula is C12H23N. The van der Waals surface area contributed by atoms with Crippen LogP contribution in [-0.4, -0.2) is 13.1 Å². The van der Waals surface area contributed by atoms with Gasteiger partial charge in [0.15, 0.2) is 0 Å². The van der Waals surface area contributed by atoms with E-state index in [0.717, 1.165) is 13.1 Å². The standard InChI is InChI=1S/C12H23N/c1-5-6-9-13-10-7-8-12(4)11(2)3/h7-8,11,13H,4-6,9-10H2,1-3H3/b8-7+. The maximum Gasteiger partial charge on any atom is 0.0138 e. The Labute approximate surface area is 82.9 Å². The van der Waals surface area contributed by atoms with Gasteiger partial charge in [0.05, 0.1) is 0 Å². The smallest absolute Gasteiger partial charge is 0.0138 e. The molecule has 0 aliphatic rings. The highest BCUT2D eigenvalue weighted by Crippen LogP contribution is 2.06. The molecule has 0 aliphatic heterocycles. The van der Waals surface area contributed by atoms with Crippen molar-refractivity contribution in [3.63, 3.8) is 0 Å². The van der Waals surface area contributed by atoms with Gasteiger partial charge in [-0.05, 0) is 18.9 Å². The minimum atomic E-state index is 0.562. The Bertz CT molecular complexity index is 157. The molecule has 0 heterocycles. The summed E-state index contributed by atoms with van der Waals surface area (Å²) < 4.78 is 0. The van der Waals surface area contributed by atoms with Crippen molar-refractivity contribution in [1.29, 1.82) is 0 Å². The Balaban J connectivity index is 3.36. The molecule has 0 amide bonds. The Morgan fingerprint density at radius 3 is 2.69 bits per heavy atom. The summed E-state index contributed by atoms with van der Waals surface area (Å²) in [6.45, 7) is 12.6. The van der Waals surface area contributed by atoms with Gasteiger partial charge in [0.25, 0.3) is 0 Å². The van der Waals surface area contributed by atoms with E-state index < -0.39 is 0 Å². The van der Waals surface area contributed by atoms with Crippen LogP contribution in [0.4, 0.5) is 0 Å². The molecule has 0 fully saturated rings. The van der Waals surface area contributed by atoms with E-state index in [1.54, 1.807) is 0 Å². The van der Waals surface area contributed by atoms with E-state index in [1.165, 1.54) is 18.4 Å². The zero-order valence-electron chi connectivity index (χ0n) is 9.27. The van der Waals surface area contributed by atoms with Crippen LogP contribution in [0, 0.1) is 5.92 Å². The summed E-state index contributed by atoms with van der Waals surface area (Å²) in [5.41, 5.74) is 1.21. The SMILES string of the molecule is C=C(/C=C/CNCCCC)C(C)C. The van der Waals surface area contributed by atoms with Gasteiger partial charge in [-0.2, -0.15) is 0 Å². The van der Waals surface area contributed by atoms with E-state index in [1.807, 2.05) is 0 Å². The summed E-state index contributed by atoms with van der Waals surface area (Å²) in [5.74, 6) is 0.562. The quantitative estimate of drug-likeness (QED) is 0.470. The van der Waals surface area contributed by atoms with Crippen LogP contribution in [-0.2, 0) is 0 Å². The Morgan fingerprint density at radius 2 is 2.15 bits per heavy atom. The predicted octanol–water partition coefficient (Wildman–Crippen LogP) is 3.14. The molecule has 0 bridgehead atoms. The fourth-order valence-corrected chi connectivity index (χ4v) is 0.890. The van der Waals surface area contributed by atoms with Crippen molar-refractivity contribution in [2.45, 2.75) is 33.6 Å². The highest BCUT2D eigenvalue weighted by atomic mass is 14.8. The van der Waals surface area contributed by atoms with Crippen molar-refractivity contribution in [2.24, 2.45) is 5.92 Å². The first-order chi connectivity index (χ1) is 6.18. The molecule has 0 unspecified atom stereocenters. The molecule has 0 atom stereocenters. The molecule has 0 aromatic rings. The Hall–Kier alpha value is -0.560. The van der Waals surface area contributed by atoms with Crippen LogP contribution in [0.3, 0.4) is 0 Å². The number of hydrogen-bond acceptors (Lipinski definition) is 1. The Morgan fingerprint density at radius 1 is 1.46 bits per heavy atom. The average molecular weight is 181 g/mol. The van der Waals surface area contributed by atoms with E-state index in [9.17, 15) is 0 Å². The van der Waals surface area contributed by atoms with Gasteiger partial charge in [-0.1, -0.05) is 51.5 Å². The first kappa shape index (κ1) is 12.4. The van der Waals surface area contributed by atoms with Crippen molar-refractivity contribution in [1.82, 2.24) is 5.32 Å². The lowest BCUT2D eigenvalue weighted by Crippen LogP contribution is -2.14. The van der Waals surface area contributed by atoms with Gasteiger partial charge in [-0.3, -0.25) is 0 Å². The summed E-state index contributed by atoms with van der Waals surface area (Å²) in [7, 11) is 0. The monoisotopic (exact) mass is 181 g/mol. The lowest BCUT2D eigenvalue weighted by Gasteiger charge is -2.03. The molecule has 1 nitrogen and oxygen atoms in total. The molecule has 0 spiro atoms. The van der Waals surface area contributed by atoms with E-state index in [2.05, 4.69) is 44.8 Å². The maximum atomic E-state index is 3.97. The van der Waals surface area contributed by atoms with Crippen LogP contribution < -0.4 is 5.32 Å². The minimum absolute atomic E-state index is 0.562. The van der Waals surface area contributed by atoms with Crippen molar-refractivity contribution in [2.75, 3.05) is 13.1 Å². The van der Waals surface area contributed by atoms with E-state index in [4.69, 9.17) is 0 Å². The number of unbranched alkanes of at least 4 members (excludes halogenated alkanes) is 1. The number of nitrogens with one attached hydrogen (secondary N) is 1. The van der Waals surface area contributed by atoms with E-state index in [0.29, 0.717) is 5.92 Å². The van der Waals surface area contributed by atoms with Crippen LogP contribution in [0.25, 0.3) is 0 Å². The Kier molecular flexibility index (Phi) is 7.71. The molecule has 13 heavy (non-hydrogen) atoms. The second-order valence-electron chi connectivity index (χ2n) is 3.69. The third-order valence-electron chi connectivity index (χ3n) is 2.04. The van der Waals surface area contributed by atoms with Gasteiger partial charge in [0.1, 0.15) is 0 Å². The highest BCUT2D eigenvalue weighted by Gasteiger charge is 1.93. The van der Waals surface area contributed by atoms with Gasteiger partial charge in [-0.15, -0.1) is 0 Å². The molecule has 1 heteroatoms. The van der Waals surface area contributed by atoms with Crippen molar-refractivity contribution in [3.8, 4) is 0 Å². The number of allylic oxidation sites excluding steroid dienone is 2. The summed E-state index contributed by atoms with van der Waals surface area (Å²) in [6.07, 6.45) is 6.79. The van der Waals surface area contributed by atoms with E-state index >= 15 is 0 Å².